The first-order valence-electron chi connectivity index (χ1n) is 8.71. The van der Waals surface area contributed by atoms with Gasteiger partial charge in [0.05, 0.1) is 23.8 Å². The molecule has 7 heteroatoms. The van der Waals surface area contributed by atoms with Gasteiger partial charge in [0.15, 0.2) is 0 Å². The summed E-state index contributed by atoms with van der Waals surface area (Å²) in [6, 6.07) is 7.90. The lowest BCUT2D eigenvalue weighted by Crippen LogP contribution is -2.32. The van der Waals surface area contributed by atoms with E-state index < -0.39 is 0 Å². The zero-order valence-electron chi connectivity index (χ0n) is 14.6. The molecule has 1 aromatic carbocycles. The Morgan fingerprint density at radius 3 is 2.96 bits per heavy atom. The van der Waals surface area contributed by atoms with E-state index in [0.29, 0.717) is 13.0 Å². The molecule has 0 bridgehead atoms. The molecule has 1 atom stereocenters. The summed E-state index contributed by atoms with van der Waals surface area (Å²) >= 11 is 0. The summed E-state index contributed by atoms with van der Waals surface area (Å²) in [6.45, 7) is 3.33. The number of nitrogens with zero attached hydrogens (tertiary/aromatic N) is 6. The molecule has 0 spiro atoms. The minimum atomic E-state index is 0.0821. The van der Waals surface area contributed by atoms with E-state index >= 15 is 0 Å². The molecule has 1 saturated heterocycles. The number of aromatic nitrogens is 5. The van der Waals surface area contributed by atoms with Crippen molar-refractivity contribution in [3.8, 4) is 0 Å². The molecule has 25 heavy (non-hydrogen) atoms. The highest BCUT2D eigenvalue weighted by Crippen LogP contribution is 2.31. The number of fused-ring (bicyclic) bond motifs is 1. The summed E-state index contributed by atoms with van der Waals surface area (Å²) < 4.78 is 3.85. The Labute approximate surface area is 146 Å². The molecular weight excluding hydrogens is 316 g/mol. The quantitative estimate of drug-likeness (QED) is 0.731. The molecule has 1 aliphatic heterocycles. The van der Waals surface area contributed by atoms with Crippen LogP contribution in [0.4, 0.5) is 0 Å². The van der Waals surface area contributed by atoms with Crippen LogP contribution in [0, 0.1) is 6.92 Å². The Kier molecular flexibility index (Phi) is 3.99. The molecule has 0 N–H and O–H groups in total. The second-order valence-electron chi connectivity index (χ2n) is 6.65. The molecule has 1 fully saturated rings. The van der Waals surface area contributed by atoms with Crippen LogP contribution in [0.15, 0.2) is 30.5 Å². The van der Waals surface area contributed by atoms with Crippen molar-refractivity contribution in [2.75, 3.05) is 6.54 Å². The summed E-state index contributed by atoms with van der Waals surface area (Å²) in [5.74, 6) is 1.14. The van der Waals surface area contributed by atoms with E-state index in [2.05, 4.69) is 15.3 Å². The molecule has 1 amide bonds. The lowest BCUT2D eigenvalue weighted by molar-refractivity contribution is -0.132. The van der Waals surface area contributed by atoms with Gasteiger partial charge in [-0.1, -0.05) is 17.3 Å². The zero-order valence-corrected chi connectivity index (χ0v) is 14.6. The molecule has 4 rings (SSSR count). The number of hydrogen-bond acceptors (Lipinski definition) is 4. The Bertz CT molecular complexity index is 911. The summed E-state index contributed by atoms with van der Waals surface area (Å²) in [5, 5.41) is 8.31. The maximum Gasteiger partial charge on any atom is 0.225 e. The molecule has 130 valence electrons. The topological polar surface area (TPSA) is 68.8 Å². The third-order valence-electron chi connectivity index (χ3n) is 4.86. The van der Waals surface area contributed by atoms with Crippen molar-refractivity contribution in [1.82, 2.24) is 29.4 Å². The number of aryl methyl sites for hydroxylation is 3. The van der Waals surface area contributed by atoms with E-state index in [-0.39, 0.29) is 11.9 Å². The zero-order chi connectivity index (χ0) is 17.4. The summed E-state index contributed by atoms with van der Waals surface area (Å²) in [6.07, 6.45) is 4.43. The first-order chi connectivity index (χ1) is 12.1. The van der Waals surface area contributed by atoms with Crippen molar-refractivity contribution in [2.24, 2.45) is 7.05 Å². The number of imidazole rings is 1. The van der Waals surface area contributed by atoms with Crippen molar-refractivity contribution in [3.05, 3.63) is 42.0 Å². The number of amides is 1. The van der Waals surface area contributed by atoms with Crippen molar-refractivity contribution in [1.29, 1.82) is 0 Å². The van der Waals surface area contributed by atoms with Gasteiger partial charge in [0.25, 0.3) is 0 Å². The van der Waals surface area contributed by atoms with Gasteiger partial charge in [0.1, 0.15) is 11.3 Å². The fourth-order valence-electron chi connectivity index (χ4n) is 3.71. The smallest absolute Gasteiger partial charge is 0.225 e. The molecule has 1 aliphatic rings. The Morgan fingerprint density at radius 1 is 1.32 bits per heavy atom. The summed E-state index contributed by atoms with van der Waals surface area (Å²) in [5.41, 5.74) is 2.82. The highest BCUT2D eigenvalue weighted by Gasteiger charge is 2.32. The second-order valence-corrected chi connectivity index (χ2v) is 6.65. The van der Waals surface area contributed by atoms with Gasteiger partial charge in [-0.2, -0.15) is 0 Å². The highest BCUT2D eigenvalue weighted by molar-refractivity contribution is 5.77. The molecule has 3 aromatic rings. The standard InChI is InChI=1S/C18H22N6O/c1-13-12-22(2)18(19-13)16-8-5-10-23(16)17(25)9-11-24-15-7-4-3-6-14(15)20-21-24/h3-4,6-7,12,16H,5,8-11H2,1-2H3/t16-/m0/s1. The van der Waals surface area contributed by atoms with Gasteiger partial charge in [-0.25, -0.2) is 9.67 Å². The van der Waals surface area contributed by atoms with Crippen molar-refractivity contribution in [3.63, 3.8) is 0 Å². The van der Waals surface area contributed by atoms with Crippen LogP contribution >= 0.6 is 0 Å². The third-order valence-corrected chi connectivity index (χ3v) is 4.86. The van der Waals surface area contributed by atoms with Crippen LogP contribution in [-0.4, -0.2) is 41.9 Å². The van der Waals surface area contributed by atoms with Crippen LogP contribution in [0.1, 0.15) is 36.8 Å². The number of benzene rings is 1. The van der Waals surface area contributed by atoms with Crippen molar-refractivity contribution < 1.29 is 4.79 Å². The number of carbonyl (C=O) groups excluding carboxylic acids is 1. The van der Waals surface area contributed by atoms with Crippen LogP contribution in [-0.2, 0) is 18.4 Å². The molecule has 0 saturated carbocycles. The van der Waals surface area contributed by atoms with Crippen LogP contribution < -0.4 is 0 Å². The lowest BCUT2D eigenvalue weighted by atomic mass is 10.2. The highest BCUT2D eigenvalue weighted by atomic mass is 16.2. The molecule has 0 aliphatic carbocycles. The first-order valence-corrected chi connectivity index (χ1v) is 8.71. The third kappa shape index (κ3) is 2.90. The average Bonchev–Trinajstić information content (AvgIpc) is 3.31. The minimum Gasteiger partial charge on any atom is -0.336 e. The number of carbonyl (C=O) groups is 1. The van der Waals surface area contributed by atoms with E-state index in [9.17, 15) is 4.79 Å². The monoisotopic (exact) mass is 338 g/mol. The maximum absolute atomic E-state index is 12.8. The van der Waals surface area contributed by atoms with Gasteiger partial charge in [-0.05, 0) is 31.9 Å². The van der Waals surface area contributed by atoms with E-state index in [1.165, 1.54) is 0 Å². The molecule has 7 nitrogen and oxygen atoms in total. The predicted octanol–water partition coefficient (Wildman–Crippen LogP) is 2.23. The largest absolute Gasteiger partial charge is 0.336 e. The van der Waals surface area contributed by atoms with Gasteiger partial charge >= 0.3 is 0 Å². The van der Waals surface area contributed by atoms with E-state index in [1.807, 2.05) is 58.6 Å². The molecular formula is C18H22N6O. The molecule has 3 heterocycles. The van der Waals surface area contributed by atoms with Crippen LogP contribution in [0.5, 0.6) is 0 Å². The van der Waals surface area contributed by atoms with E-state index in [4.69, 9.17) is 0 Å². The van der Waals surface area contributed by atoms with Crippen LogP contribution in [0.3, 0.4) is 0 Å². The maximum atomic E-state index is 12.8. The normalized spacial score (nSPS) is 17.5. The van der Waals surface area contributed by atoms with Gasteiger partial charge in [0, 0.05) is 26.2 Å². The van der Waals surface area contributed by atoms with Crippen LogP contribution in [0.2, 0.25) is 0 Å². The number of likely N-dealkylation sites (tertiary alicyclic amines) is 1. The minimum absolute atomic E-state index is 0.0821. The fourth-order valence-corrected chi connectivity index (χ4v) is 3.71. The number of hydrogen-bond donors (Lipinski definition) is 0. The molecule has 0 radical (unpaired) electrons. The Hall–Kier alpha value is -2.70. The second kappa shape index (κ2) is 6.31. The van der Waals surface area contributed by atoms with Gasteiger partial charge in [0.2, 0.25) is 5.91 Å². The van der Waals surface area contributed by atoms with Gasteiger partial charge in [-0.3, -0.25) is 4.79 Å². The predicted molar refractivity (Wildman–Crippen MR) is 93.8 cm³/mol. The SMILES string of the molecule is Cc1cn(C)c([C@@H]2CCCN2C(=O)CCn2nnc3ccccc32)n1. The first kappa shape index (κ1) is 15.8. The summed E-state index contributed by atoms with van der Waals surface area (Å²) in [4.78, 5) is 19.4. The number of para-hydroxylation sites is 1. The Morgan fingerprint density at radius 2 is 2.16 bits per heavy atom. The average molecular weight is 338 g/mol. The molecule has 2 aromatic heterocycles. The number of rotatable bonds is 4. The lowest BCUT2D eigenvalue weighted by Gasteiger charge is -2.24. The van der Waals surface area contributed by atoms with Crippen LogP contribution in [0.25, 0.3) is 11.0 Å². The van der Waals surface area contributed by atoms with Gasteiger partial charge < -0.3 is 9.47 Å². The fraction of sp³-hybridized carbons (Fsp3) is 0.444. The van der Waals surface area contributed by atoms with E-state index in [0.717, 1.165) is 41.9 Å². The molecule has 0 unspecified atom stereocenters. The van der Waals surface area contributed by atoms with Gasteiger partial charge in [-0.15, -0.1) is 5.10 Å². The summed E-state index contributed by atoms with van der Waals surface area (Å²) in [7, 11) is 2.00. The Balaban J connectivity index is 1.48. The van der Waals surface area contributed by atoms with Crippen molar-refractivity contribution >= 4 is 16.9 Å². The van der Waals surface area contributed by atoms with Crippen molar-refractivity contribution in [2.45, 2.75) is 38.8 Å². The van der Waals surface area contributed by atoms with E-state index in [1.54, 1.807) is 0 Å².